The molecule has 0 saturated carbocycles. The van der Waals surface area contributed by atoms with Gasteiger partial charge in [-0.05, 0) is 25.8 Å². The summed E-state index contributed by atoms with van der Waals surface area (Å²) in [6.45, 7) is 4.57. The van der Waals surface area contributed by atoms with Gasteiger partial charge in [-0.3, -0.25) is 0 Å². The molecular formula is C9H19NO2. The van der Waals surface area contributed by atoms with Crippen molar-refractivity contribution in [1.82, 2.24) is 5.32 Å². The molecule has 2 unspecified atom stereocenters. The second-order valence-electron chi connectivity index (χ2n) is 3.32. The monoisotopic (exact) mass is 173 g/mol. The predicted octanol–water partition coefficient (Wildman–Crippen LogP) is 0.526. The van der Waals surface area contributed by atoms with Crippen molar-refractivity contribution in [2.45, 2.75) is 38.4 Å². The molecule has 1 aliphatic heterocycles. The van der Waals surface area contributed by atoms with Crippen LogP contribution in [0.2, 0.25) is 0 Å². The van der Waals surface area contributed by atoms with Crippen LogP contribution in [0.4, 0.5) is 0 Å². The van der Waals surface area contributed by atoms with Gasteiger partial charge in [-0.15, -0.1) is 0 Å². The van der Waals surface area contributed by atoms with E-state index in [0.29, 0.717) is 6.54 Å². The zero-order chi connectivity index (χ0) is 8.81. The van der Waals surface area contributed by atoms with Crippen molar-refractivity contribution < 1.29 is 9.84 Å². The first-order valence-corrected chi connectivity index (χ1v) is 4.85. The summed E-state index contributed by atoms with van der Waals surface area (Å²) in [5, 5.41) is 12.8. The number of nitrogens with one attached hydrogen (secondary N) is 1. The quantitative estimate of drug-likeness (QED) is 0.596. The molecule has 3 nitrogen and oxygen atoms in total. The molecule has 0 radical (unpaired) electrons. The second kappa shape index (κ2) is 5.51. The minimum absolute atomic E-state index is 0.0781. The molecule has 2 atom stereocenters. The summed E-state index contributed by atoms with van der Waals surface area (Å²) in [5.74, 6) is 0. The number of hydrogen-bond donors (Lipinski definition) is 2. The van der Waals surface area contributed by atoms with Crippen LogP contribution in [0, 0.1) is 0 Å². The number of hydrogen-bond acceptors (Lipinski definition) is 3. The fourth-order valence-corrected chi connectivity index (χ4v) is 1.46. The minimum Gasteiger partial charge on any atom is -0.389 e. The highest BCUT2D eigenvalue weighted by molar-refractivity contribution is 4.75. The van der Waals surface area contributed by atoms with Crippen LogP contribution in [0.25, 0.3) is 0 Å². The van der Waals surface area contributed by atoms with Gasteiger partial charge >= 0.3 is 0 Å². The summed E-state index contributed by atoms with van der Waals surface area (Å²) >= 11 is 0. The standard InChI is InChI=1S/C9H19NO2/c1-2-5-10-7-8(11)9-4-3-6-12-9/h8-11H,2-7H2,1H3. The third-order valence-electron chi connectivity index (χ3n) is 2.17. The summed E-state index contributed by atoms with van der Waals surface area (Å²) in [6, 6.07) is 0. The number of aliphatic hydroxyl groups is 1. The lowest BCUT2D eigenvalue weighted by Gasteiger charge is -2.17. The Kier molecular flexibility index (Phi) is 4.58. The van der Waals surface area contributed by atoms with E-state index in [1.54, 1.807) is 0 Å². The van der Waals surface area contributed by atoms with Gasteiger partial charge in [0, 0.05) is 13.2 Å². The van der Waals surface area contributed by atoms with E-state index in [4.69, 9.17) is 4.74 Å². The van der Waals surface area contributed by atoms with E-state index < -0.39 is 0 Å². The van der Waals surface area contributed by atoms with Crippen molar-refractivity contribution in [3.05, 3.63) is 0 Å². The molecule has 0 amide bonds. The third kappa shape index (κ3) is 3.09. The molecule has 72 valence electrons. The highest BCUT2D eigenvalue weighted by Gasteiger charge is 2.23. The van der Waals surface area contributed by atoms with E-state index in [-0.39, 0.29) is 12.2 Å². The Morgan fingerprint density at radius 1 is 1.67 bits per heavy atom. The zero-order valence-electron chi connectivity index (χ0n) is 7.75. The van der Waals surface area contributed by atoms with Crippen LogP contribution in [-0.4, -0.2) is 37.0 Å². The van der Waals surface area contributed by atoms with E-state index in [2.05, 4.69) is 12.2 Å². The van der Waals surface area contributed by atoms with E-state index in [1.807, 2.05) is 0 Å². The first-order chi connectivity index (χ1) is 5.84. The fourth-order valence-electron chi connectivity index (χ4n) is 1.46. The van der Waals surface area contributed by atoms with Gasteiger partial charge in [0.25, 0.3) is 0 Å². The molecule has 0 spiro atoms. The second-order valence-corrected chi connectivity index (χ2v) is 3.32. The molecule has 0 bridgehead atoms. The number of aliphatic hydroxyl groups excluding tert-OH is 1. The summed E-state index contributed by atoms with van der Waals surface area (Å²) in [6.07, 6.45) is 2.97. The maximum absolute atomic E-state index is 9.59. The van der Waals surface area contributed by atoms with Gasteiger partial charge < -0.3 is 15.2 Å². The lowest BCUT2D eigenvalue weighted by atomic mass is 10.1. The molecule has 1 rings (SSSR count). The molecule has 0 aromatic heterocycles. The Balaban J connectivity index is 2.05. The zero-order valence-corrected chi connectivity index (χ0v) is 7.75. The summed E-state index contributed by atoms with van der Waals surface area (Å²) in [7, 11) is 0. The SMILES string of the molecule is CCCNCC(O)C1CCCO1. The van der Waals surface area contributed by atoms with Crippen molar-refractivity contribution in [2.75, 3.05) is 19.7 Å². The molecule has 1 aliphatic rings. The maximum Gasteiger partial charge on any atom is 0.0925 e. The van der Waals surface area contributed by atoms with Crippen molar-refractivity contribution in [2.24, 2.45) is 0 Å². The Morgan fingerprint density at radius 2 is 2.50 bits per heavy atom. The fraction of sp³-hybridized carbons (Fsp3) is 1.00. The van der Waals surface area contributed by atoms with Gasteiger partial charge in [0.1, 0.15) is 0 Å². The van der Waals surface area contributed by atoms with Crippen LogP contribution in [0.15, 0.2) is 0 Å². The average molecular weight is 173 g/mol. The molecule has 0 aliphatic carbocycles. The molecule has 2 N–H and O–H groups in total. The van der Waals surface area contributed by atoms with Gasteiger partial charge in [0.05, 0.1) is 12.2 Å². The van der Waals surface area contributed by atoms with Crippen LogP contribution in [0.5, 0.6) is 0 Å². The van der Waals surface area contributed by atoms with Gasteiger partial charge in [-0.2, -0.15) is 0 Å². The van der Waals surface area contributed by atoms with Gasteiger partial charge in [-0.25, -0.2) is 0 Å². The Hall–Kier alpha value is -0.120. The van der Waals surface area contributed by atoms with Crippen LogP contribution < -0.4 is 5.32 Å². The van der Waals surface area contributed by atoms with Crippen LogP contribution in [0.1, 0.15) is 26.2 Å². The average Bonchev–Trinajstić information content (AvgIpc) is 2.56. The Bertz CT molecular complexity index is 113. The van der Waals surface area contributed by atoms with E-state index in [1.165, 1.54) is 0 Å². The van der Waals surface area contributed by atoms with Gasteiger partial charge in [0.2, 0.25) is 0 Å². The van der Waals surface area contributed by atoms with Crippen molar-refractivity contribution in [3.8, 4) is 0 Å². The predicted molar refractivity (Wildman–Crippen MR) is 48.1 cm³/mol. The Labute approximate surface area is 74.1 Å². The van der Waals surface area contributed by atoms with Crippen LogP contribution in [-0.2, 0) is 4.74 Å². The molecular weight excluding hydrogens is 154 g/mol. The van der Waals surface area contributed by atoms with E-state index >= 15 is 0 Å². The van der Waals surface area contributed by atoms with Gasteiger partial charge in [0.15, 0.2) is 0 Å². The molecule has 1 saturated heterocycles. The van der Waals surface area contributed by atoms with Crippen LogP contribution in [0.3, 0.4) is 0 Å². The van der Waals surface area contributed by atoms with E-state index in [9.17, 15) is 5.11 Å². The first-order valence-electron chi connectivity index (χ1n) is 4.85. The highest BCUT2D eigenvalue weighted by Crippen LogP contribution is 2.14. The molecule has 1 fully saturated rings. The number of rotatable bonds is 5. The lowest BCUT2D eigenvalue weighted by molar-refractivity contribution is -0.000349. The van der Waals surface area contributed by atoms with Crippen LogP contribution >= 0.6 is 0 Å². The Morgan fingerprint density at radius 3 is 3.08 bits per heavy atom. The first kappa shape index (κ1) is 9.96. The molecule has 3 heteroatoms. The van der Waals surface area contributed by atoms with Crippen molar-refractivity contribution >= 4 is 0 Å². The van der Waals surface area contributed by atoms with E-state index in [0.717, 1.165) is 32.4 Å². The summed E-state index contributed by atoms with van der Waals surface area (Å²) in [4.78, 5) is 0. The smallest absolute Gasteiger partial charge is 0.0925 e. The largest absolute Gasteiger partial charge is 0.389 e. The number of ether oxygens (including phenoxy) is 1. The van der Waals surface area contributed by atoms with Crippen molar-refractivity contribution in [1.29, 1.82) is 0 Å². The molecule has 1 heterocycles. The normalized spacial score (nSPS) is 26.0. The third-order valence-corrected chi connectivity index (χ3v) is 2.17. The lowest BCUT2D eigenvalue weighted by Crippen LogP contribution is -2.36. The maximum atomic E-state index is 9.59. The molecule has 0 aromatic carbocycles. The molecule has 12 heavy (non-hydrogen) atoms. The molecule has 0 aromatic rings. The van der Waals surface area contributed by atoms with Gasteiger partial charge in [-0.1, -0.05) is 6.92 Å². The van der Waals surface area contributed by atoms with Crippen molar-refractivity contribution in [3.63, 3.8) is 0 Å². The highest BCUT2D eigenvalue weighted by atomic mass is 16.5. The summed E-state index contributed by atoms with van der Waals surface area (Å²) in [5.41, 5.74) is 0. The topological polar surface area (TPSA) is 41.5 Å². The minimum atomic E-state index is -0.320. The summed E-state index contributed by atoms with van der Waals surface area (Å²) < 4.78 is 5.36.